The number of hydrogen-bond acceptors (Lipinski definition) is 4. The predicted molar refractivity (Wildman–Crippen MR) is 74.0 cm³/mol. The van der Waals surface area contributed by atoms with Crippen LogP contribution in [0.3, 0.4) is 0 Å². The molecule has 2 N–H and O–H groups in total. The molecule has 1 heterocycles. The largest absolute Gasteiger partial charge is 0.338 e. The van der Waals surface area contributed by atoms with Crippen molar-refractivity contribution < 1.29 is 13.3 Å². The van der Waals surface area contributed by atoms with E-state index in [4.69, 9.17) is 10.3 Å². The first-order valence-electron chi connectivity index (χ1n) is 6.11. The molecule has 1 aromatic carbocycles. The number of rotatable bonds is 4. The van der Waals surface area contributed by atoms with Crippen molar-refractivity contribution in [1.82, 2.24) is 10.1 Å². The van der Waals surface area contributed by atoms with Gasteiger partial charge in [0.15, 0.2) is 11.6 Å². The standard InChI is InChI=1S/C13H14BrF2N3O/c1-3-13(2,6-17)12-18-11(19-20-12)7-4-5-8(15)10(16)9(7)14/h4-5H,3,6,17H2,1-2H3. The molecule has 108 valence electrons. The molecular formula is C13H14BrF2N3O. The molecule has 0 radical (unpaired) electrons. The molecule has 0 aliphatic heterocycles. The molecule has 0 saturated heterocycles. The Hall–Kier alpha value is -1.34. The van der Waals surface area contributed by atoms with Gasteiger partial charge >= 0.3 is 0 Å². The van der Waals surface area contributed by atoms with Crippen molar-refractivity contribution in [2.24, 2.45) is 5.73 Å². The van der Waals surface area contributed by atoms with Crippen LogP contribution in [0, 0.1) is 11.6 Å². The topological polar surface area (TPSA) is 64.9 Å². The highest BCUT2D eigenvalue weighted by molar-refractivity contribution is 9.10. The third kappa shape index (κ3) is 2.47. The second kappa shape index (κ2) is 5.57. The Balaban J connectivity index is 2.47. The number of hydrogen-bond donors (Lipinski definition) is 1. The highest BCUT2D eigenvalue weighted by Gasteiger charge is 2.30. The summed E-state index contributed by atoms with van der Waals surface area (Å²) in [6, 6.07) is 2.41. The molecule has 0 aliphatic carbocycles. The lowest BCUT2D eigenvalue weighted by atomic mass is 9.88. The van der Waals surface area contributed by atoms with E-state index < -0.39 is 17.0 Å². The van der Waals surface area contributed by atoms with Gasteiger partial charge in [0.05, 0.1) is 9.89 Å². The van der Waals surface area contributed by atoms with Crippen molar-refractivity contribution in [2.45, 2.75) is 25.7 Å². The minimum atomic E-state index is -0.981. The van der Waals surface area contributed by atoms with Gasteiger partial charge in [0, 0.05) is 12.1 Å². The van der Waals surface area contributed by atoms with E-state index in [-0.39, 0.29) is 10.3 Å². The van der Waals surface area contributed by atoms with Gasteiger partial charge in [-0.2, -0.15) is 4.98 Å². The zero-order chi connectivity index (χ0) is 14.9. The lowest BCUT2D eigenvalue weighted by Crippen LogP contribution is -2.31. The number of nitrogens with two attached hydrogens (primary N) is 1. The van der Waals surface area contributed by atoms with Crippen LogP contribution in [0.15, 0.2) is 21.1 Å². The minimum absolute atomic E-state index is 0.0317. The second-order valence-electron chi connectivity index (χ2n) is 4.76. The number of halogens is 3. The molecule has 1 unspecified atom stereocenters. The van der Waals surface area contributed by atoms with Crippen LogP contribution in [-0.4, -0.2) is 16.7 Å². The molecule has 4 nitrogen and oxygen atoms in total. The highest BCUT2D eigenvalue weighted by Crippen LogP contribution is 2.32. The van der Waals surface area contributed by atoms with Gasteiger partial charge < -0.3 is 10.3 Å². The molecule has 0 spiro atoms. The van der Waals surface area contributed by atoms with Crippen LogP contribution in [0.5, 0.6) is 0 Å². The SMILES string of the molecule is CCC(C)(CN)c1nc(-c2ccc(F)c(F)c2Br)no1. The summed E-state index contributed by atoms with van der Waals surface area (Å²) >= 11 is 3.00. The van der Waals surface area contributed by atoms with Crippen LogP contribution in [0.4, 0.5) is 8.78 Å². The van der Waals surface area contributed by atoms with Gasteiger partial charge in [-0.05, 0) is 41.4 Å². The van der Waals surface area contributed by atoms with E-state index in [1.165, 1.54) is 6.07 Å². The van der Waals surface area contributed by atoms with Crippen molar-refractivity contribution in [1.29, 1.82) is 0 Å². The third-order valence-electron chi connectivity index (χ3n) is 3.45. The molecule has 0 bridgehead atoms. The lowest BCUT2D eigenvalue weighted by molar-refractivity contribution is 0.291. The lowest BCUT2D eigenvalue weighted by Gasteiger charge is -2.20. The Labute approximate surface area is 123 Å². The zero-order valence-electron chi connectivity index (χ0n) is 11.1. The van der Waals surface area contributed by atoms with Crippen LogP contribution < -0.4 is 5.73 Å². The maximum atomic E-state index is 13.5. The minimum Gasteiger partial charge on any atom is -0.338 e. The van der Waals surface area contributed by atoms with Crippen LogP contribution in [-0.2, 0) is 5.41 Å². The third-order valence-corrected chi connectivity index (χ3v) is 4.22. The maximum Gasteiger partial charge on any atom is 0.234 e. The highest BCUT2D eigenvalue weighted by atomic mass is 79.9. The maximum absolute atomic E-state index is 13.5. The molecule has 20 heavy (non-hydrogen) atoms. The monoisotopic (exact) mass is 345 g/mol. The summed E-state index contributed by atoms with van der Waals surface area (Å²) in [6.45, 7) is 4.22. The summed E-state index contributed by atoms with van der Waals surface area (Å²) in [5.41, 5.74) is 5.62. The normalized spacial score (nSPS) is 14.3. The van der Waals surface area contributed by atoms with E-state index in [1.54, 1.807) is 0 Å². The van der Waals surface area contributed by atoms with Crippen LogP contribution in [0.25, 0.3) is 11.4 Å². The summed E-state index contributed by atoms with van der Waals surface area (Å²) in [5.74, 6) is -1.34. The Morgan fingerprint density at radius 3 is 2.70 bits per heavy atom. The van der Waals surface area contributed by atoms with E-state index >= 15 is 0 Å². The van der Waals surface area contributed by atoms with Gasteiger partial charge in [0.2, 0.25) is 11.7 Å². The van der Waals surface area contributed by atoms with E-state index in [0.717, 1.165) is 12.5 Å². The quantitative estimate of drug-likeness (QED) is 0.862. The summed E-state index contributed by atoms with van der Waals surface area (Å²) in [7, 11) is 0. The first-order chi connectivity index (χ1) is 9.42. The van der Waals surface area contributed by atoms with Crippen LogP contribution in [0.2, 0.25) is 0 Å². The van der Waals surface area contributed by atoms with Gasteiger partial charge in [-0.15, -0.1) is 0 Å². The van der Waals surface area contributed by atoms with Crippen molar-refractivity contribution in [2.75, 3.05) is 6.54 Å². The van der Waals surface area contributed by atoms with Gasteiger partial charge in [-0.25, -0.2) is 8.78 Å². The zero-order valence-corrected chi connectivity index (χ0v) is 12.7. The fourth-order valence-electron chi connectivity index (χ4n) is 1.66. The van der Waals surface area contributed by atoms with E-state index in [9.17, 15) is 8.78 Å². The molecule has 1 aromatic heterocycles. The molecule has 0 fully saturated rings. The van der Waals surface area contributed by atoms with Crippen LogP contribution in [0.1, 0.15) is 26.2 Å². The fourth-order valence-corrected chi connectivity index (χ4v) is 2.16. The van der Waals surface area contributed by atoms with Crippen molar-refractivity contribution in [3.05, 3.63) is 34.1 Å². The van der Waals surface area contributed by atoms with Crippen molar-refractivity contribution in [3.8, 4) is 11.4 Å². The Bertz CT molecular complexity index is 626. The summed E-state index contributed by atoms with van der Waals surface area (Å²) in [6.07, 6.45) is 0.726. The van der Waals surface area contributed by atoms with E-state index in [2.05, 4.69) is 26.1 Å². The van der Waals surface area contributed by atoms with Gasteiger partial charge in [0.1, 0.15) is 0 Å². The van der Waals surface area contributed by atoms with Crippen molar-refractivity contribution in [3.63, 3.8) is 0 Å². The molecule has 0 amide bonds. The predicted octanol–water partition coefficient (Wildman–Crippen LogP) is 3.40. The average molecular weight is 346 g/mol. The fraction of sp³-hybridized carbons (Fsp3) is 0.385. The average Bonchev–Trinajstić information content (AvgIpc) is 2.94. The number of benzene rings is 1. The van der Waals surface area contributed by atoms with E-state index in [0.29, 0.717) is 18.0 Å². The summed E-state index contributed by atoms with van der Waals surface area (Å²) < 4.78 is 31.8. The van der Waals surface area contributed by atoms with Gasteiger partial charge in [-0.1, -0.05) is 12.1 Å². The molecular weight excluding hydrogens is 332 g/mol. The molecule has 2 aromatic rings. The molecule has 1 atom stereocenters. The number of nitrogens with zero attached hydrogens (tertiary/aromatic N) is 2. The van der Waals surface area contributed by atoms with Gasteiger partial charge in [0.25, 0.3) is 0 Å². The molecule has 0 saturated carbocycles. The van der Waals surface area contributed by atoms with Crippen LogP contribution >= 0.6 is 15.9 Å². The van der Waals surface area contributed by atoms with E-state index in [1.807, 2.05) is 13.8 Å². The number of aromatic nitrogens is 2. The molecule has 2 rings (SSSR count). The first-order valence-corrected chi connectivity index (χ1v) is 6.90. The Morgan fingerprint density at radius 1 is 1.40 bits per heavy atom. The van der Waals surface area contributed by atoms with Crippen molar-refractivity contribution >= 4 is 15.9 Å². The Kier molecular flexibility index (Phi) is 4.19. The summed E-state index contributed by atoms with van der Waals surface area (Å²) in [5, 5.41) is 3.82. The molecule has 7 heteroatoms. The smallest absolute Gasteiger partial charge is 0.234 e. The van der Waals surface area contributed by atoms with Gasteiger partial charge in [-0.3, -0.25) is 0 Å². The summed E-state index contributed by atoms with van der Waals surface area (Å²) in [4.78, 5) is 4.25. The Morgan fingerprint density at radius 2 is 2.10 bits per heavy atom. The second-order valence-corrected chi connectivity index (χ2v) is 5.56. The first kappa shape index (κ1) is 15.1. The molecule has 0 aliphatic rings.